The molecule has 24 heavy (non-hydrogen) atoms. The third kappa shape index (κ3) is 3.08. The van der Waals surface area contributed by atoms with Gasteiger partial charge in [0.2, 0.25) is 5.91 Å². The minimum Gasteiger partial charge on any atom is -0.351 e. The number of sulfone groups is 1. The molecule has 1 aromatic carbocycles. The van der Waals surface area contributed by atoms with Crippen LogP contribution in [0.2, 0.25) is 0 Å². The smallest absolute Gasteiger partial charge is 0.241 e. The van der Waals surface area contributed by atoms with Crippen LogP contribution in [0.1, 0.15) is 32.3 Å². The van der Waals surface area contributed by atoms with Gasteiger partial charge in [0.15, 0.2) is 9.84 Å². The highest BCUT2D eigenvalue weighted by atomic mass is 32.2. The Morgan fingerprint density at radius 1 is 1.38 bits per heavy atom. The molecular formula is C17H21N3O3S. The van der Waals surface area contributed by atoms with Crippen molar-refractivity contribution in [2.24, 2.45) is 0 Å². The number of amides is 1. The van der Waals surface area contributed by atoms with Gasteiger partial charge in [-0.3, -0.25) is 4.79 Å². The van der Waals surface area contributed by atoms with Crippen LogP contribution in [-0.2, 0) is 21.2 Å². The number of aromatic nitrogens is 2. The molecular weight excluding hydrogens is 326 g/mol. The molecule has 0 saturated heterocycles. The normalized spacial score (nSPS) is 15.2. The molecule has 2 aromatic rings. The van der Waals surface area contributed by atoms with Crippen LogP contribution in [0.15, 0.2) is 36.7 Å². The van der Waals surface area contributed by atoms with Crippen LogP contribution >= 0.6 is 0 Å². The van der Waals surface area contributed by atoms with Crippen molar-refractivity contribution in [2.45, 2.75) is 43.2 Å². The lowest BCUT2D eigenvalue weighted by Crippen LogP contribution is -2.49. The van der Waals surface area contributed by atoms with Crippen molar-refractivity contribution in [3.8, 4) is 11.4 Å². The van der Waals surface area contributed by atoms with Crippen molar-refractivity contribution in [2.75, 3.05) is 0 Å². The first-order chi connectivity index (χ1) is 11.3. The van der Waals surface area contributed by atoms with Crippen LogP contribution in [0.25, 0.3) is 11.4 Å². The minimum atomic E-state index is -3.44. The molecule has 1 aliphatic rings. The Bertz CT molecular complexity index is 838. The van der Waals surface area contributed by atoms with E-state index in [0.29, 0.717) is 12.8 Å². The van der Waals surface area contributed by atoms with Crippen molar-refractivity contribution < 1.29 is 13.2 Å². The maximum atomic E-state index is 12.4. The Labute approximate surface area is 141 Å². The van der Waals surface area contributed by atoms with E-state index < -0.39 is 20.5 Å². The van der Waals surface area contributed by atoms with E-state index in [1.807, 2.05) is 24.3 Å². The third-order valence-electron chi connectivity index (χ3n) is 4.37. The van der Waals surface area contributed by atoms with E-state index in [4.69, 9.17) is 0 Å². The zero-order valence-electron chi connectivity index (χ0n) is 13.7. The highest BCUT2D eigenvalue weighted by Crippen LogP contribution is 2.36. The molecule has 1 aromatic heterocycles. The molecule has 128 valence electrons. The predicted molar refractivity (Wildman–Crippen MR) is 91.9 cm³/mol. The first kappa shape index (κ1) is 16.7. The van der Waals surface area contributed by atoms with Crippen molar-refractivity contribution in [1.29, 1.82) is 0 Å². The second-order valence-corrected chi connectivity index (χ2v) is 9.35. The Balaban J connectivity index is 1.69. The van der Waals surface area contributed by atoms with Crippen molar-refractivity contribution in [3.05, 3.63) is 42.2 Å². The lowest BCUT2D eigenvalue weighted by molar-refractivity contribution is -0.123. The Hall–Kier alpha value is -2.15. The largest absolute Gasteiger partial charge is 0.351 e. The first-order valence-electron chi connectivity index (χ1n) is 7.93. The summed E-state index contributed by atoms with van der Waals surface area (Å²) in [5, 5.41) is 2.39. The molecule has 1 aliphatic carbocycles. The number of carbonyl (C=O) groups excluding carboxylic acids is 1. The zero-order valence-corrected chi connectivity index (χ0v) is 14.6. The van der Waals surface area contributed by atoms with Crippen LogP contribution in [0.3, 0.4) is 0 Å². The Morgan fingerprint density at radius 3 is 2.75 bits per heavy atom. The SMILES string of the molecule is CC(C)(C(=O)NCc1cccc(-c2ncc[nH]2)c1)S(=O)(=O)C1CC1. The summed E-state index contributed by atoms with van der Waals surface area (Å²) < 4.78 is 23.4. The zero-order chi connectivity index (χ0) is 17.4. The molecule has 1 heterocycles. The van der Waals surface area contributed by atoms with Gasteiger partial charge >= 0.3 is 0 Å². The fourth-order valence-corrected chi connectivity index (χ4v) is 4.49. The molecule has 0 atom stereocenters. The Kier molecular flexibility index (Phi) is 4.21. The van der Waals surface area contributed by atoms with Gasteiger partial charge in [-0.2, -0.15) is 0 Å². The second kappa shape index (κ2) is 6.05. The van der Waals surface area contributed by atoms with E-state index in [0.717, 1.165) is 17.0 Å². The maximum absolute atomic E-state index is 12.4. The van der Waals surface area contributed by atoms with Gasteiger partial charge < -0.3 is 10.3 Å². The topological polar surface area (TPSA) is 91.9 Å². The van der Waals surface area contributed by atoms with Crippen LogP contribution in [-0.4, -0.2) is 34.3 Å². The molecule has 0 bridgehead atoms. The van der Waals surface area contributed by atoms with E-state index in [1.165, 1.54) is 13.8 Å². The summed E-state index contributed by atoms with van der Waals surface area (Å²) in [5.74, 6) is 0.289. The van der Waals surface area contributed by atoms with Crippen LogP contribution in [0, 0.1) is 0 Å². The van der Waals surface area contributed by atoms with Gasteiger partial charge in [-0.1, -0.05) is 18.2 Å². The summed E-state index contributed by atoms with van der Waals surface area (Å²) in [7, 11) is -3.44. The fraction of sp³-hybridized carbons (Fsp3) is 0.412. The summed E-state index contributed by atoms with van der Waals surface area (Å²) >= 11 is 0. The van der Waals surface area contributed by atoms with Gasteiger partial charge in [0.05, 0.1) is 5.25 Å². The van der Waals surface area contributed by atoms with Crippen molar-refractivity contribution in [3.63, 3.8) is 0 Å². The number of nitrogens with zero attached hydrogens (tertiary/aromatic N) is 1. The van der Waals surface area contributed by atoms with Crippen molar-refractivity contribution >= 4 is 15.7 Å². The summed E-state index contributed by atoms with van der Waals surface area (Å²) in [5.41, 5.74) is 1.80. The van der Waals surface area contributed by atoms with Gasteiger partial charge in [-0.15, -0.1) is 0 Å². The number of hydrogen-bond acceptors (Lipinski definition) is 4. The van der Waals surface area contributed by atoms with E-state index in [-0.39, 0.29) is 11.8 Å². The van der Waals surface area contributed by atoms with Crippen LogP contribution in [0.4, 0.5) is 0 Å². The average Bonchev–Trinajstić information content (AvgIpc) is 3.28. The van der Waals surface area contributed by atoms with Gasteiger partial charge in [-0.25, -0.2) is 13.4 Å². The predicted octanol–water partition coefficient (Wildman–Crippen LogP) is 2.05. The molecule has 0 aliphatic heterocycles. The highest BCUT2D eigenvalue weighted by molar-refractivity contribution is 7.94. The third-order valence-corrected chi connectivity index (χ3v) is 7.33. The molecule has 1 saturated carbocycles. The Morgan fingerprint density at radius 2 is 2.12 bits per heavy atom. The molecule has 0 radical (unpaired) electrons. The average molecular weight is 347 g/mol. The summed E-state index contributed by atoms with van der Waals surface area (Å²) in [6, 6.07) is 7.60. The molecule has 0 spiro atoms. The number of nitrogens with one attached hydrogen (secondary N) is 2. The lowest BCUT2D eigenvalue weighted by Gasteiger charge is -2.23. The molecule has 1 amide bonds. The van der Waals surface area contributed by atoms with E-state index >= 15 is 0 Å². The van der Waals surface area contributed by atoms with Gasteiger partial charge in [0, 0.05) is 24.5 Å². The number of aromatic amines is 1. The summed E-state index contributed by atoms with van der Waals surface area (Å²) in [4.78, 5) is 19.7. The number of hydrogen-bond donors (Lipinski definition) is 2. The summed E-state index contributed by atoms with van der Waals surface area (Å²) in [6.07, 6.45) is 4.73. The lowest BCUT2D eigenvalue weighted by atomic mass is 10.1. The molecule has 3 rings (SSSR count). The van der Waals surface area contributed by atoms with Gasteiger partial charge in [0.25, 0.3) is 0 Å². The molecule has 7 heteroatoms. The maximum Gasteiger partial charge on any atom is 0.241 e. The number of imidazole rings is 1. The molecule has 1 fully saturated rings. The number of carbonyl (C=O) groups is 1. The minimum absolute atomic E-state index is 0.275. The fourth-order valence-electron chi connectivity index (χ4n) is 2.57. The molecule has 0 unspecified atom stereocenters. The number of H-pyrrole nitrogens is 1. The van der Waals surface area contributed by atoms with E-state index in [9.17, 15) is 13.2 Å². The molecule has 2 N–H and O–H groups in total. The van der Waals surface area contributed by atoms with Crippen LogP contribution < -0.4 is 5.32 Å². The second-order valence-electron chi connectivity index (χ2n) is 6.58. The van der Waals surface area contributed by atoms with Crippen LogP contribution in [0.5, 0.6) is 0 Å². The monoisotopic (exact) mass is 347 g/mol. The van der Waals surface area contributed by atoms with Gasteiger partial charge in [-0.05, 0) is 38.3 Å². The quantitative estimate of drug-likeness (QED) is 0.836. The molecule has 6 nitrogen and oxygen atoms in total. The standard InChI is InChI=1S/C17H21N3O3S/c1-17(2,24(22,23)14-6-7-14)16(21)20-11-12-4-3-5-13(10-12)15-18-8-9-19-15/h3-5,8-10,14H,6-7,11H2,1-2H3,(H,18,19)(H,20,21). The first-order valence-corrected chi connectivity index (χ1v) is 9.47. The number of rotatable bonds is 6. The summed E-state index contributed by atoms with van der Waals surface area (Å²) in [6.45, 7) is 3.24. The van der Waals surface area contributed by atoms with E-state index in [2.05, 4.69) is 15.3 Å². The van der Waals surface area contributed by atoms with E-state index in [1.54, 1.807) is 12.4 Å². The van der Waals surface area contributed by atoms with Crippen molar-refractivity contribution in [1.82, 2.24) is 15.3 Å². The highest BCUT2D eigenvalue weighted by Gasteiger charge is 2.50. The van der Waals surface area contributed by atoms with Gasteiger partial charge in [0.1, 0.15) is 10.6 Å². The number of benzene rings is 1.